The maximum absolute atomic E-state index is 13.1. The topological polar surface area (TPSA) is 104 Å². The lowest BCUT2D eigenvalue weighted by molar-refractivity contribution is 0.0987. The van der Waals surface area contributed by atoms with Gasteiger partial charge in [0.2, 0.25) is 5.91 Å². The molecule has 0 fully saturated rings. The molecule has 0 unspecified atom stereocenters. The Morgan fingerprint density at radius 1 is 1.00 bits per heavy atom. The summed E-state index contributed by atoms with van der Waals surface area (Å²) >= 11 is 0. The van der Waals surface area contributed by atoms with Crippen LogP contribution in [0.4, 0.5) is 5.69 Å². The third-order valence-corrected chi connectivity index (χ3v) is 4.76. The smallest absolute Gasteiger partial charge is 0.291 e. The molecule has 0 saturated carbocycles. The van der Waals surface area contributed by atoms with Gasteiger partial charge >= 0.3 is 0 Å². The Bertz CT molecular complexity index is 1250. The number of anilines is 1. The van der Waals surface area contributed by atoms with E-state index in [-0.39, 0.29) is 17.9 Å². The molecule has 0 aliphatic heterocycles. The molecule has 3 aromatic carbocycles. The number of primary amides is 1. The summed E-state index contributed by atoms with van der Waals surface area (Å²) in [5, 5.41) is 3.53. The molecule has 1 heterocycles. The predicted octanol–water partition coefficient (Wildman–Crippen LogP) is 4.37. The van der Waals surface area contributed by atoms with Gasteiger partial charge in [-0.3, -0.25) is 9.59 Å². The van der Waals surface area contributed by atoms with E-state index in [4.69, 9.17) is 19.6 Å². The average molecular weight is 416 g/mol. The third-order valence-electron chi connectivity index (χ3n) is 4.76. The number of para-hydroxylation sites is 2. The molecule has 0 aliphatic rings. The number of carbonyl (C=O) groups is 2. The molecule has 1 aromatic heterocycles. The van der Waals surface area contributed by atoms with E-state index in [9.17, 15) is 9.59 Å². The van der Waals surface area contributed by atoms with E-state index in [0.717, 1.165) is 5.39 Å². The van der Waals surface area contributed by atoms with E-state index < -0.39 is 11.8 Å². The molecule has 7 heteroatoms. The minimum Gasteiger partial charge on any atom is -0.495 e. The van der Waals surface area contributed by atoms with Crippen LogP contribution in [-0.2, 0) is 6.61 Å². The van der Waals surface area contributed by atoms with Crippen LogP contribution < -0.4 is 20.5 Å². The van der Waals surface area contributed by atoms with E-state index >= 15 is 0 Å². The Kier molecular flexibility index (Phi) is 5.57. The lowest BCUT2D eigenvalue weighted by Gasteiger charge is -2.11. The Balaban J connectivity index is 1.68. The highest BCUT2D eigenvalue weighted by atomic mass is 16.5. The van der Waals surface area contributed by atoms with Crippen LogP contribution in [0.2, 0.25) is 0 Å². The number of carbonyl (C=O) groups excluding carboxylic acids is 2. The summed E-state index contributed by atoms with van der Waals surface area (Å²) in [5.74, 6) is 0.0665. The Morgan fingerprint density at radius 2 is 1.74 bits per heavy atom. The number of ether oxygens (including phenoxy) is 2. The van der Waals surface area contributed by atoms with E-state index in [1.165, 1.54) is 19.2 Å². The van der Waals surface area contributed by atoms with Gasteiger partial charge in [0, 0.05) is 16.5 Å². The summed E-state index contributed by atoms with van der Waals surface area (Å²) in [6, 6.07) is 21.2. The summed E-state index contributed by atoms with van der Waals surface area (Å²) in [6.45, 7) is 0.141. The molecule has 0 bridgehead atoms. The molecule has 0 radical (unpaired) electrons. The molecule has 3 N–H and O–H groups in total. The van der Waals surface area contributed by atoms with Gasteiger partial charge in [-0.05, 0) is 36.4 Å². The molecule has 0 spiro atoms. The molecule has 4 rings (SSSR count). The monoisotopic (exact) mass is 416 g/mol. The van der Waals surface area contributed by atoms with Crippen LogP contribution in [0.3, 0.4) is 0 Å². The maximum Gasteiger partial charge on any atom is 0.291 e. The van der Waals surface area contributed by atoms with Gasteiger partial charge in [-0.2, -0.15) is 0 Å². The van der Waals surface area contributed by atoms with Gasteiger partial charge in [-0.15, -0.1) is 0 Å². The number of rotatable bonds is 7. The van der Waals surface area contributed by atoms with Crippen molar-refractivity contribution in [3.63, 3.8) is 0 Å². The van der Waals surface area contributed by atoms with E-state index in [2.05, 4.69) is 5.32 Å². The lowest BCUT2D eigenvalue weighted by Crippen LogP contribution is -2.16. The molecule has 0 atom stereocenters. The number of amides is 2. The van der Waals surface area contributed by atoms with Crippen LogP contribution in [0.25, 0.3) is 11.0 Å². The van der Waals surface area contributed by atoms with Crippen LogP contribution in [-0.4, -0.2) is 18.9 Å². The van der Waals surface area contributed by atoms with Crippen LogP contribution in [0.1, 0.15) is 26.5 Å². The normalized spacial score (nSPS) is 10.6. The van der Waals surface area contributed by atoms with E-state index in [0.29, 0.717) is 28.3 Å². The number of hydrogen-bond acceptors (Lipinski definition) is 5. The van der Waals surface area contributed by atoms with Gasteiger partial charge in [-0.1, -0.05) is 36.4 Å². The van der Waals surface area contributed by atoms with Gasteiger partial charge in [0.15, 0.2) is 5.76 Å². The SMILES string of the molecule is COc1ccc(C(N)=O)cc1NC(=O)c1oc2ccccc2c1COc1ccccc1. The van der Waals surface area contributed by atoms with E-state index in [1.807, 2.05) is 48.5 Å². The predicted molar refractivity (Wildman–Crippen MR) is 116 cm³/mol. The van der Waals surface area contributed by atoms with Crippen LogP contribution in [0.5, 0.6) is 11.5 Å². The molecule has 0 aliphatic carbocycles. The highest BCUT2D eigenvalue weighted by molar-refractivity contribution is 6.07. The lowest BCUT2D eigenvalue weighted by atomic mass is 10.1. The second kappa shape index (κ2) is 8.62. The Hall–Kier alpha value is -4.26. The Morgan fingerprint density at radius 3 is 2.48 bits per heavy atom. The molecule has 4 aromatic rings. The first-order valence-corrected chi connectivity index (χ1v) is 9.54. The van der Waals surface area contributed by atoms with Gasteiger partial charge in [0.25, 0.3) is 5.91 Å². The standard InChI is InChI=1S/C24H20N2O5/c1-29-21-12-11-15(23(25)27)13-19(21)26-24(28)22-18(14-30-16-7-3-2-4-8-16)17-9-5-6-10-20(17)31-22/h2-13H,14H2,1H3,(H2,25,27)(H,26,28). The summed E-state index contributed by atoms with van der Waals surface area (Å²) in [6.07, 6.45) is 0. The quantitative estimate of drug-likeness (QED) is 0.466. The van der Waals surface area contributed by atoms with Crippen molar-refractivity contribution in [2.45, 2.75) is 6.61 Å². The number of benzene rings is 3. The minimum atomic E-state index is -0.612. The maximum atomic E-state index is 13.1. The molecule has 2 amide bonds. The molecule has 7 nitrogen and oxygen atoms in total. The highest BCUT2D eigenvalue weighted by Gasteiger charge is 2.22. The van der Waals surface area contributed by atoms with Crippen molar-refractivity contribution >= 4 is 28.5 Å². The highest BCUT2D eigenvalue weighted by Crippen LogP contribution is 2.30. The number of furan rings is 1. The first-order chi connectivity index (χ1) is 15.1. The van der Waals surface area contributed by atoms with Gasteiger partial charge in [0.1, 0.15) is 23.7 Å². The first-order valence-electron chi connectivity index (χ1n) is 9.54. The zero-order valence-electron chi connectivity index (χ0n) is 16.8. The molecular formula is C24H20N2O5. The molecule has 0 saturated heterocycles. The fraction of sp³-hybridized carbons (Fsp3) is 0.0833. The zero-order chi connectivity index (χ0) is 21.8. The third kappa shape index (κ3) is 4.20. The number of methoxy groups -OCH3 is 1. The van der Waals surface area contributed by atoms with Gasteiger partial charge in [0.05, 0.1) is 12.8 Å². The summed E-state index contributed by atoms with van der Waals surface area (Å²) in [4.78, 5) is 24.7. The second-order valence-electron chi connectivity index (χ2n) is 6.74. The van der Waals surface area contributed by atoms with Crippen molar-refractivity contribution in [1.82, 2.24) is 0 Å². The van der Waals surface area contributed by atoms with Crippen LogP contribution >= 0.6 is 0 Å². The number of nitrogens with one attached hydrogen (secondary N) is 1. The fourth-order valence-electron chi connectivity index (χ4n) is 3.24. The van der Waals surface area contributed by atoms with Crippen molar-refractivity contribution in [1.29, 1.82) is 0 Å². The number of fused-ring (bicyclic) bond motifs is 1. The Labute approximate surface area is 178 Å². The molecule has 31 heavy (non-hydrogen) atoms. The van der Waals surface area contributed by atoms with Crippen molar-refractivity contribution in [2.24, 2.45) is 5.73 Å². The minimum absolute atomic E-state index is 0.115. The van der Waals surface area contributed by atoms with Crippen molar-refractivity contribution < 1.29 is 23.5 Å². The van der Waals surface area contributed by atoms with Crippen molar-refractivity contribution in [2.75, 3.05) is 12.4 Å². The molecule has 156 valence electrons. The first kappa shape index (κ1) is 20.0. The van der Waals surface area contributed by atoms with Crippen LogP contribution in [0.15, 0.2) is 77.2 Å². The van der Waals surface area contributed by atoms with Gasteiger partial charge < -0.3 is 24.9 Å². The summed E-state index contributed by atoms with van der Waals surface area (Å²) < 4.78 is 17.0. The van der Waals surface area contributed by atoms with E-state index in [1.54, 1.807) is 12.1 Å². The number of hydrogen-bond donors (Lipinski definition) is 2. The van der Waals surface area contributed by atoms with Crippen LogP contribution in [0, 0.1) is 0 Å². The largest absolute Gasteiger partial charge is 0.495 e. The average Bonchev–Trinajstić information content (AvgIpc) is 3.17. The number of nitrogens with two attached hydrogens (primary N) is 1. The van der Waals surface area contributed by atoms with Gasteiger partial charge in [-0.25, -0.2) is 0 Å². The summed E-state index contributed by atoms with van der Waals surface area (Å²) in [7, 11) is 1.47. The van der Waals surface area contributed by atoms with Crippen molar-refractivity contribution in [3.8, 4) is 11.5 Å². The fourth-order valence-corrected chi connectivity index (χ4v) is 3.24. The zero-order valence-corrected chi connectivity index (χ0v) is 16.8. The summed E-state index contributed by atoms with van der Waals surface area (Å²) in [5.41, 5.74) is 7.09. The second-order valence-corrected chi connectivity index (χ2v) is 6.74. The van der Waals surface area contributed by atoms with Crippen molar-refractivity contribution in [3.05, 3.63) is 89.7 Å². The molecular weight excluding hydrogens is 396 g/mol.